The molecule has 1 N–H and O–H groups in total. The maximum atomic E-state index is 5.06. The monoisotopic (exact) mass is 113 g/mol. The van der Waals surface area contributed by atoms with Crippen molar-refractivity contribution in [3.63, 3.8) is 0 Å². The zero-order chi connectivity index (χ0) is 5.98. The number of nitrogens with one attached hydrogen (secondary N) is 1. The maximum absolute atomic E-state index is 5.06. The summed E-state index contributed by atoms with van der Waals surface area (Å²) < 4.78 is 5.06. The summed E-state index contributed by atoms with van der Waals surface area (Å²) in [6.45, 7) is 5.66. The molecule has 1 rings (SSSR count). The molecule has 1 atom stereocenters. The predicted molar refractivity (Wildman–Crippen MR) is 32.8 cm³/mol. The van der Waals surface area contributed by atoms with Crippen LogP contribution in [0.2, 0.25) is 0 Å². The minimum absolute atomic E-state index is 0.259. The molecule has 8 heavy (non-hydrogen) atoms. The van der Waals surface area contributed by atoms with Gasteiger partial charge in [-0.3, -0.25) is 0 Å². The van der Waals surface area contributed by atoms with Crippen molar-refractivity contribution in [2.24, 2.45) is 0 Å². The molecule has 0 unspecified atom stereocenters. The van der Waals surface area contributed by atoms with Gasteiger partial charge < -0.3 is 10.1 Å². The minimum Gasteiger partial charge on any atom is -0.376 e. The van der Waals surface area contributed by atoms with Crippen LogP contribution >= 0.6 is 0 Å². The highest BCUT2D eigenvalue weighted by atomic mass is 16.5. The molecule has 1 heterocycles. The van der Waals surface area contributed by atoms with Gasteiger partial charge in [-0.25, -0.2) is 0 Å². The number of methoxy groups -OCH3 is 1. The molecule has 0 spiro atoms. The Morgan fingerprint density at radius 2 is 2.62 bits per heavy atom. The van der Waals surface area contributed by atoms with E-state index in [0.717, 1.165) is 18.7 Å². The van der Waals surface area contributed by atoms with Crippen LogP contribution in [-0.2, 0) is 4.74 Å². The summed E-state index contributed by atoms with van der Waals surface area (Å²) in [5, 5.41) is 3.15. The Kier molecular flexibility index (Phi) is 1.65. The van der Waals surface area contributed by atoms with E-state index in [0.29, 0.717) is 0 Å². The largest absolute Gasteiger partial charge is 0.376 e. The third-order valence-electron chi connectivity index (χ3n) is 1.42. The van der Waals surface area contributed by atoms with Crippen LogP contribution in [0.4, 0.5) is 0 Å². The van der Waals surface area contributed by atoms with Gasteiger partial charge in [0.15, 0.2) is 0 Å². The molecular weight excluding hydrogens is 102 g/mol. The number of hydrogen-bond donors (Lipinski definition) is 1. The van der Waals surface area contributed by atoms with Crippen LogP contribution in [-0.4, -0.2) is 26.3 Å². The Morgan fingerprint density at radius 1 is 1.88 bits per heavy atom. The molecule has 0 radical (unpaired) electrons. The van der Waals surface area contributed by atoms with Gasteiger partial charge in [-0.05, 0) is 5.57 Å². The Bertz CT molecular complexity index is 101. The fourth-order valence-corrected chi connectivity index (χ4v) is 0.872. The van der Waals surface area contributed by atoms with Gasteiger partial charge in [-0.1, -0.05) is 6.58 Å². The van der Waals surface area contributed by atoms with Gasteiger partial charge in [-0.2, -0.15) is 0 Å². The zero-order valence-electron chi connectivity index (χ0n) is 5.11. The summed E-state index contributed by atoms with van der Waals surface area (Å²) >= 11 is 0. The lowest BCUT2D eigenvalue weighted by Crippen LogP contribution is -2.14. The molecule has 2 nitrogen and oxygen atoms in total. The van der Waals surface area contributed by atoms with Gasteiger partial charge in [0.1, 0.15) is 0 Å². The van der Waals surface area contributed by atoms with E-state index >= 15 is 0 Å². The quantitative estimate of drug-likeness (QED) is 0.489. The number of hydrogen-bond acceptors (Lipinski definition) is 2. The minimum atomic E-state index is 0.259. The van der Waals surface area contributed by atoms with E-state index < -0.39 is 0 Å². The molecule has 2 heteroatoms. The predicted octanol–water partition coefficient (Wildman–Crippen LogP) is 0.161. The highest BCUT2D eigenvalue weighted by molar-refractivity contribution is 5.10. The van der Waals surface area contributed by atoms with Crippen LogP contribution in [0.3, 0.4) is 0 Å². The Hall–Kier alpha value is -0.340. The second-order valence-corrected chi connectivity index (χ2v) is 2.01. The fourth-order valence-electron chi connectivity index (χ4n) is 0.872. The van der Waals surface area contributed by atoms with Crippen molar-refractivity contribution in [3.05, 3.63) is 12.2 Å². The first-order chi connectivity index (χ1) is 3.84. The lowest BCUT2D eigenvalue weighted by atomic mass is 10.2. The highest BCUT2D eigenvalue weighted by Crippen LogP contribution is 2.06. The van der Waals surface area contributed by atoms with E-state index in [-0.39, 0.29) is 6.10 Å². The van der Waals surface area contributed by atoms with Crippen molar-refractivity contribution in [1.82, 2.24) is 5.32 Å². The fraction of sp³-hybridized carbons (Fsp3) is 0.667. The molecule has 0 aromatic rings. The molecule has 1 fully saturated rings. The van der Waals surface area contributed by atoms with Gasteiger partial charge in [0, 0.05) is 20.2 Å². The first-order valence-corrected chi connectivity index (χ1v) is 2.76. The van der Waals surface area contributed by atoms with E-state index in [4.69, 9.17) is 4.74 Å². The highest BCUT2D eigenvalue weighted by Gasteiger charge is 2.16. The summed E-state index contributed by atoms with van der Waals surface area (Å²) in [7, 11) is 1.71. The lowest BCUT2D eigenvalue weighted by Gasteiger charge is -2.04. The number of ether oxygens (including phenoxy) is 1. The van der Waals surface area contributed by atoms with Crippen LogP contribution in [0.1, 0.15) is 0 Å². The SMILES string of the molecule is C=C1CNC[C@@H]1OC. The van der Waals surface area contributed by atoms with Crippen molar-refractivity contribution < 1.29 is 4.74 Å². The summed E-state index contributed by atoms with van der Waals surface area (Å²) in [4.78, 5) is 0. The lowest BCUT2D eigenvalue weighted by molar-refractivity contribution is 0.146. The Morgan fingerprint density at radius 3 is 2.88 bits per heavy atom. The second kappa shape index (κ2) is 2.29. The van der Waals surface area contributed by atoms with Gasteiger partial charge in [0.25, 0.3) is 0 Å². The molecule has 1 saturated heterocycles. The Balaban J connectivity index is 2.42. The van der Waals surface area contributed by atoms with Crippen LogP contribution in [0.25, 0.3) is 0 Å². The van der Waals surface area contributed by atoms with Gasteiger partial charge in [0.05, 0.1) is 6.10 Å². The van der Waals surface area contributed by atoms with Gasteiger partial charge in [-0.15, -0.1) is 0 Å². The summed E-state index contributed by atoms with van der Waals surface area (Å²) in [6, 6.07) is 0. The number of rotatable bonds is 1. The molecule has 0 aliphatic carbocycles. The average molecular weight is 113 g/mol. The van der Waals surface area contributed by atoms with Crippen LogP contribution < -0.4 is 5.32 Å². The summed E-state index contributed by atoms with van der Waals surface area (Å²) in [6.07, 6.45) is 0.259. The van der Waals surface area contributed by atoms with Crippen molar-refractivity contribution in [2.45, 2.75) is 6.10 Å². The first kappa shape index (κ1) is 5.79. The molecule has 0 aromatic carbocycles. The van der Waals surface area contributed by atoms with E-state index in [1.54, 1.807) is 7.11 Å². The molecular formula is C6H11NO. The third kappa shape index (κ3) is 0.904. The molecule has 1 aliphatic rings. The van der Waals surface area contributed by atoms with Crippen molar-refractivity contribution in [1.29, 1.82) is 0 Å². The average Bonchev–Trinajstić information content (AvgIpc) is 2.14. The second-order valence-electron chi connectivity index (χ2n) is 2.01. The molecule has 0 saturated carbocycles. The smallest absolute Gasteiger partial charge is 0.0915 e. The van der Waals surface area contributed by atoms with Gasteiger partial charge in [0.2, 0.25) is 0 Å². The Labute approximate surface area is 49.5 Å². The standard InChI is InChI=1S/C6H11NO/c1-5-3-7-4-6(5)8-2/h6-7H,1,3-4H2,2H3/t6-/m0/s1. The van der Waals surface area contributed by atoms with Crippen LogP contribution in [0, 0.1) is 0 Å². The molecule has 0 aromatic heterocycles. The summed E-state index contributed by atoms with van der Waals surface area (Å²) in [5.74, 6) is 0. The summed E-state index contributed by atoms with van der Waals surface area (Å²) in [5.41, 5.74) is 1.16. The van der Waals surface area contributed by atoms with Crippen LogP contribution in [0.5, 0.6) is 0 Å². The van der Waals surface area contributed by atoms with E-state index in [1.807, 2.05) is 0 Å². The molecule has 0 bridgehead atoms. The van der Waals surface area contributed by atoms with Crippen molar-refractivity contribution in [3.8, 4) is 0 Å². The molecule has 46 valence electrons. The normalized spacial score (nSPS) is 29.1. The van der Waals surface area contributed by atoms with E-state index in [2.05, 4.69) is 11.9 Å². The molecule has 1 aliphatic heterocycles. The van der Waals surface area contributed by atoms with E-state index in [9.17, 15) is 0 Å². The van der Waals surface area contributed by atoms with E-state index in [1.165, 1.54) is 0 Å². The van der Waals surface area contributed by atoms with Crippen molar-refractivity contribution >= 4 is 0 Å². The first-order valence-electron chi connectivity index (χ1n) is 2.76. The van der Waals surface area contributed by atoms with Crippen molar-refractivity contribution in [2.75, 3.05) is 20.2 Å². The maximum Gasteiger partial charge on any atom is 0.0915 e. The zero-order valence-corrected chi connectivity index (χ0v) is 5.11. The molecule has 0 amide bonds. The third-order valence-corrected chi connectivity index (χ3v) is 1.42. The topological polar surface area (TPSA) is 21.3 Å². The van der Waals surface area contributed by atoms with Crippen LogP contribution in [0.15, 0.2) is 12.2 Å². The van der Waals surface area contributed by atoms with Gasteiger partial charge >= 0.3 is 0 Å².